The van der Waals surface area contributed by atoms with E-state index in [-0.39, 0.29) is 65.0 Å². The Labute approximate surface area is 265 Å². The molecule has 1 N–H and O–H groups in total. The van der Waals surface area contributed by atoms with Gasteiger partial charge in [-0.1, -0.05) is 43.9 Å². The van der Waals surface area contributed by atoms with Crippen molar-refractivity contribution in [3.8, 4) is 52.6 Å². The molecular weight excluding hydrogens is 612 g/mol. The molecule has 0 aliphatic rings. The van der Waals surface area contributed by atoms with Crippen LogP contribution in [0.15, 0.2) is 84.5 Å². The lowest BCUT2D eigenvalue weighted by Gasteiger charge is -2.17. The van der Waals surface area contributed by atoms with Crippen LogP contribution in [0.3, 0.4) is 0 Å². The third-order valence-corrected chi connectivity index (χ3v) is 7.29. The van der Waals surface area contributed by atoms with Gasteiger partial charge in [0.2, 0.25) is 11.6 Å². The molecule has 0 aliphatic heterocycles. The molecule has 46 heavy (non-hydrogen) atoms. The highest BCUT2D eigenvalue weighted by atomic mass is 32.2. The molecule has 1 aromatic carbocycles. The number of hydrogen-bond donors (Lipinski definition) is 1. The molecule has 0 radical (unpaired) electrons. The lowest BCUT2D eigenvalue weighted by atomic mass is 10.1. The second kappa shape index (κ2) is 14.7. The summed E-state index contributed by atoms with van der Waals surface area (Å²) < 4.78 is 52.6. The summed E-state index contributed by atoms with van der Waals surface area (Å²) in [4.78, 5) is 29.4. The van der Waals surface area contributed by atoms with Gasteiger partial charge in [-0.25, -0.2) is 29.9 Å². The number of rotatable bonds is 12. The first-order chi connectivity index (χ1) is 22.3. The molecule has 0 saturated heterocycles. The Balaban J connectivity index is 1.53. The maximum absolute atomic E-state index is 13.6. The van der Waals surface area contributed by atoms with Crippen molar-refractivity contribution in [2.24, 2.45) is 0 Å². The topological polar surface area (TPSA) is 173 Å². The molecule has 14 nitrogen and oxygen atoms in total. The molecule has 0 fully saturated rings. The number of aromatic nitrogens is 7. The van der Waals surface area contributed by atoms with Crippen LogP contribution in [0.2, 0.25) is 0 Å². The Morgan fingerprint density at radius 3 is 2.11 bits per heavy atom. The smallest absolute Gasteiger partial charge is 0.317 e. The number of anilines is 1. The number of nitrogens with zero attached hydrogens (tertiary/aromatic N) is 7. The molecule has 15 heteroatoms. The van der Waals surface area contributed by atoms with E-state index in [1.165, 1.54) is 31.8 Å². The standard InChI is InChI=1S/C31H28N8O6S/c1-21(2)22-12-13-25(36-20-22)46(40,41)39-27-26(45-24-11-5-4-10-23(24)42-3)30(38-29(37-27)28-32-14-8-15-33-28)43-18-6-7-19-44-31-34-16-9-17-35-31/h4-5,8-17,20-21H,18-19H2,1-3H3,(H,37,38,39). The summed E-state index contributed by atoms with van der Waals surface area (Å²) in [6.45, 7) is 3.78. The molecule has 4 heterocycles. The van der Waals surface area contributed by atoms with Gasteiger partial charge in [-0.05, 0) is 41.8 Å². The van der Waals surface area contributed by atoms with Crippen LogP contribution < -0.4 is 23.7 Å². The van der Waals surface area contributed by atoms with Crippen molar-refractivity contribution in [1.82, 2.24) is 34.9 Å². The van der Waals surface area contributed by atoms with E-state index < -0.39 is 10.0 Å². The molecule has 0 spiro atoms. The summed E-state index contributed by atoms with van der Waals surface area (Å²) in [6.07, 6.45) is 7.60. The lowest BCUT2D eigenvalue weighted by molar-refractivity contribution is 0.322. The van der Waals surface area contributed by atoms with E-state index in [1.54, 1.807) is 54.9 Å². The molecule has 0 unspecified atom stereocenters. The number of methoxy groups -OCH3 is 1. The van der Waals surface area contributed by atoms with Gasteiger partial charge in [-0.2, -0.15) is 13.4 Å². The zero-order valence-corrected chi connectivity index (χ0v) is 25.8. The number of ether oxygens (including phenoxy) is 4. The van der Waals surface area contributed by atoms with Gasteiger partial charge in [0.15, 0.2) is 41.4 Å². The van der Waals surface area contributed by atoms with Crippen molar-refractivity contribution in [2.45, 2.75) is 24.8 Å². The minimum absolute atomic E-state index is 0.00152. The molecule has 234 valence electrons. The van der Waals surface area contributed by atoms with Gasteiger partial charge in [0.05, 0.1) is 7.11 Å². The molecule has 0 saturated carbocycles. The Kier molecular flexibility index (Phi) is 10.1. The van der Waals surface area contributed by atoms with Crippen LogP contribution in [0.25, 0.3) is 11.6 Å². The zero-order chi connectivity index (χ0) is 32.4. The first-order valence-electron chi connectivity index (χ1n) is 13.8. The highest BCUT2D eigenvalue weighted by molar-refractivity contribution is 7.92. The average molecular weight is 641 g/mol. The fraction of sp³-hybridized carbons (Fsp3) is 0.194. The van der Waals surface area contributed by atoms with Crippen LogP contribution in [-0.4, -0.2) is 63.6 Å². The third kappa shape index (κ3) is 7.98. The molecule has 0 amide bonds. The van der Waals surface area contributed by atoms with E-state index in [1.807, 2.05) is 13.8 Å². The number of para-hydroxylation sites is 2. The summed E-state index contributed by atoms with van der Waals surface area (Å²) in [5.74, 6) is 5.87. The van der Waals surface area contributed by atoms with Crippen LogP contribution in [0.4, 0.5) is 5.82 Å². The minimum atomic E-state index is -4.28. The monoisotopic (exact) mass is 640 g/mol. The maximum atomic E-state index is 13.6. The average Bonchev–Trinajstić information content (AvgIpc) is 3.08. The van der Waals surface area contributed by atoms with Crippen molar-refractivity contribution in [1.29, 1.82) is 0 Å². The Morgan fingerprint density at radius 2 is 1.46 bits per heavy atom. The van der Waals surface area contributed by atoms with Gasteiger partial charge >= 0.3 is 6.01 Å². The first kappa shape index (κ1) is 31.5. The van der Waals surface area contributed by atoms with E-state index >= 15 is 0 Å². The van der Waals surface area contributed by atoms with Crippen LogP contribution >= 0.6 is 0 Å². The second-order valence-corrected chi connectivity index (χ2v) is 11.1. The quantitative estimate of drug-likeness (QED) is 0.191. The molecule has 0 aliphatic carbocycles. The molecule has 4 aromatic heterocycles. The summed E-state index contributed by atoms with van der Waals surface area (Å²) in [6, 6.07) is 13.4. The lowest BCUT2D eigenvalue weighted by Crippen LogP contribution is -2.17. The van der Waals surface area contributed by atoms with Gasteiger partial charge in [-0.15, -0.1) is 0 Å². The summed E-state index contributed by atoms with van der Waals surface area (Å²) >= 11 is 0. The van der Waals surface area contributed by atoms with Crippen LogP contribution in [0.1, 0.15) is 25.3 Å². The van der Waals surface area contributed by atoms with Crippen molar-refractivity contribution in [3.63, 3.8) is 0 Å². The van der Waals surface area contributed by atoms with E-state index in [0.29, 0.717) is 5.75 Å². The predicted molar refractivity (Wildman–Crippen MR) is 166 cm³/mol. The van der Waals surface area contributed by atoms with Crippen LogP contribution in [-0.2, 0) is 10.0 Å². The van der Waals surface area contributed by atoms with E-state index in [4.69, 9.17) is 18.9 Å². The highest BCUT2D eigenvalue weighted by Gasteiger charge is 2.26. The fourth-order valence-electron chi connectivity index (χ4n) is 3.76. The van der Waals surface area contributed by atoms with Gasteiger partial charge < -0.3 is 18.9 Å². The zero-order valence-electron chi connectivity index (χ0n) is 25.0. The summed E-state index contributed by atoms with van der Waals surface area (Å²) in [5, 5.41) is -0.230. The van der Waals surface area contributed by atoms with Gasteiger partial charge in [0, 0.05) is 31.0 Å². The Bertz CT molecular complexity index is 1940. The van der Waals surface area contributed by atoms with Crippen molar-refractivity contribution < 1.29 is 27.4 Å². The number of hydrogen-bond acceptors (Lipinski definition) is 13. The van der Waals surface area contributed by atoms with E-state index in [2.05, 4.69) is 51.5 Å². The minimum Gasteiger partial charge on any atom is -0.493 e. The summed E-state index contributed by atoms with van der Waals surface area (Å²) in [5.41, 5.74) is 0.878. The van der Waals surface area contributed by atoms with E-state index in [0.717, 1.165) is 5.56 Å². The SMILES string of the molecule is COc1ccccc1Oc1c(NS(=O)(=O)c2ccc(C(C)C)cn2)nc(-c2ncccn2)nc1OCC#CCOc1ncccn1. The van der Waals surface area contributed by atoms with Crippen LogP contribution in [0.5, 0.6) is 29.1 Å². The van der Waals surface area contributed by atoms with Crippen molar-refractivity contribution in [2.75, 3.05) is 25.0 Å². The van der Waals surface area contributed by atoms with Gasteiger partial charge in [-0.3, -0.25) is 4.72 Å². The predicted octanol–water partition coefficient (Wildman–Crippen LogP) is 4.30. The fourth-order valence-corrected chi connectivity index (χ4v) is 4.69. The van der Waals surface area contributed by atoms with Gasteiger partial charge in [0.25, 0.3) is 15.9 Å². The molecule has 5 aromatic rings. The largest absolute Gasteiger partial charge is 0.493 e. The number of benzene rings is 1. The molecule has 0 atom stereocenters. The van der Waals surface area contributed by atoms with Crippen LogP contribution in [0, 0.1) is 11.8 Å². The number of nitrogens with one attached hydrogen (secondary N) is 1. The third-order valence-electron chi connectivity index (χ3n) is 6.04. The molecular formula is C31H28N8O6S. The number of pyridine rings is 1. The normalized spacial score (nSPS) is 10.9. The Morgan fingerprint density at radius 1 is 0.783 bits per heavy atom. The Hall–Kier alpha value is -5.88. The molecule has 5 rings (SSSR count). The number of sulfonamides is 1. The van der Waals surface area contributed by atoms with E-state index in [9.17, 15) is 8.42 Å². The summed E-state index contributed by atoms with van der Waals surface area (Å²) in [7, 11) is -2.80. The maximum Gasteiger partial charge on any atom is 0.317 e. The highest BCUT2D eigenvalue weighted by Crippen LogP contribution is 2.41. The van der Waals surface area contributed by atoms with Crippen molar-refractivity contribution >= 4 is 15.8 Å². The second-order valence-electron chi connectivity index (χ2n) is 9.51. The van der Waals surface area contributed by atoms with Crippen molar-refractivity contribution in [3.05, 3.63) is 85.1 Å². The molecule has 0 bridgehead atoms. The first-order valence-corrected chi connectivity index (χ1v) is 15.3. The van der Waals surface area contributed by atoms with Gasteiger partial charge in [0.1, 0.15) is 0 Å².